The average molecular weight is 781 g/mol. The fraction of sp³-hybridized carbons (Fsp3) is 0.674. The first-order chi connectivity index (χ1) is 26.5. The molecule has 0 radical (unpaired) electrons. The Labute approximate surface area is 327 Å². The standard InChI is InChI=1S/C43H61FN4O6S/c1-4-40(49)47-24-18-38(19-25-47)55(51,52)37-14-12-36(13-15-37)48-29-42(30-48,54-3)28-46-22-16-33(17-23-46)43(31-45-20-7-21-45,34-9-6-10-35(44)27-34)39-11-5-8-32(39)26-41(50)53-2/h6,9-10,12-15,27,32-33,38-39H,4-5,7-8,11,16-26,28-31H2,1-3H3/t32-,39+,43+/m1/s1. The molecule has 55 heavy (non-hydrogen) atoms. The second-order valence-corrected chi connectivity index (χ2v) is 19.3. The highest BCUT2D eigenvalue weighted by molar-refractivity contribution is 7.92. The van der Waals surface area contributed by atoms with Gasteiger partial charge in [0.1, 0.15) is 11.4 Å². The van der Waals surface area contributed by atoms with E-state index in [1.807, 2.05) is 25.1 Å². The van der Waals surface area contributed by atoms with E-state index in [4.69, 9.17) is 9.47 Å². The van der Waals surface area contributed by atoms with Crippen LogP contribution in [0.5, 0.6) is 0 Å². The van der Waals surface area contributed by atoms with Crippen LogP contribution < -0.4 is 4.90 Å². The van der Waals surface area contributed by atoms with Crippen LogP contribution in [0.2, 0.25) is 0 Å². The zero-order chi connectivity index (χ0) is 38.8. The van der Waals surface area contributed by atoms with Crippen LogP contribution >= 0.6 is 0 Å². The molecule has 0 bridgehead atoms. The number of hydrogen-bond acceptors (Lipinski definition) is 9. The van der Waals surface area contributed by atoms with Crippen LogP contribution in [0.3, 0.4) is 0 Å². The first-order valence-electron chi connectivity index (χ1n) is 20.7. The summed E-state index contributed by atoms with van der Waals surface area (Å²) >= 11 is 0. The van der Waals surface area contributed by atoms with E-state index in [1.165, 1.54) is 13.5 Å². The predicted octanol–water partition coefficient (Wildman–Crippen LogP) is 5.54. The van der Waals surface area contributed by atoms with E-state index in [0.29, 0.717) is 49.6 Å². The summed E-state index contributed by atoms with van der Waals surface area (Å²) in [4.78, 5) is 34.2. The fourth-order valence-corrected chi connectivity index (χ4v) is 12.6. The van der Waals surface area contributed by atoms with Crippen molar-refractivity contribution in [1.29, 1.82) is 0 Å². The highest BCUT2D eigenvalue weighted by atomic mass is 32.2. The molecule has 0 unspecified atom stereocenters. The second-order valence-electron chi connectivity index (χ2n) is 17.0. The van der Waals surface area contributed by atoms with Gasteiger partial charge in [-0.05, 0) is 131 Å². The third kappa shape index (κ3) is 8.21. The average Bonchev–Trinajstić information content (AvgIpc) is 3.64. The van der Waals surface area contributed by atoms with Gasteiger partial charge in [0.15, 0.2) is 9.84 Å². The molecule has 5 aliphatic rings. The van der Waals surface area contributed by atoms with E-state index in [-0.39, 0.29) is 40.5 Å². The normalized spacial score (nSPS) is 25.2. The number of amides is 1. The minimum atomic E-state index is -3.48. The van der Waals surface area contributed by atoms with Crippen molar-refractivity contribution in [3.63, 3.8) is 0 Å². The van der Waals surface area contributed by atoms with Gasteiger partial charge in [0.05, 0.1) is 30.3 Å². The number of esters is 1. The molecule has 0 N–H and O–H groups in total. The molecule has 4 saturated heterocycles. The smallest absolute Gasteiger partial charge is 0.305 e. The molecule has 1 aliphatic carbocycles. The minimum Gasteiger partial charge on any atom is -0.469 e. The van der Waals surface area contributed by atoms with Gasteiger partial charge in [0, 0.05) is 57.2 Å². The van der Waals surface area contributed by atoms with Crippen molar-refractivity contribution in [2.75, 3.05) is 84.6 Å². The van der Waals surface area contributed by atoms with Crippen LogP contribution in [0.25, 0.3) is 0 Å². The van der Waals surface area contributed by atoms with E-state index < -0.39 is 15.1 Å². The van der Waals surface area contributed by atoms with E-state index in [0.717, 1.165) is 95.7 Å². The van der Waals surface area contributed by atoms with Gasteiger partial charge in [0.25, 0.3) is 0 Å². The van der Waals surface area contributed by atoms with Crippen LogP contribution in [0.1, 0.15) is 76.7 Å². The maximum Gasteiger partial charge on any atom is 0.305 e. The zero-order valence-corrected chi connectivity index (χ0v) is 33.9. The third-order valence-electron chi connectivity index (χ3n) is 14.1. The van der Waals surface area contributed by atoms with Crippen LogP contribution in [-0.2, 0) is 34.3 Å². The molecular weight excluding hydrogens is 720 g/mol. The lowest BCUT2D eigenvalue weighted by Gasteiger charge is -2.55. The van der Waals surface area contributed by atoms with Gasteiger partial charge in [0.2, 0.25) is 5.91 Å². The second kappa shape index (κ2) is 16.8. The van der Waals surface area contributed by atoms with Crippen LogP contribution in [0.4, 0.5) is 10.1 Å². The number of sulfone groups is 1. The van der Waals surface area contributed by atoms with Crippen molar-refractivity contribution in [2.24, 2.45) is 17.8 Å². The van der Waals surface area contributed by atoms with Crippen LogP contribution in [0.15, 0.2) is 53.4 Å². The summed E-state index contributed by atoms with van der Waals surface area (Å²) in [6.45, 7) is 9.97. The quantitative estimate of drug-likeness (QED) is 0.229. The van der Waals surface area contributed by atoms with E-state index in [2.05, 4.69) is 20.8 Å². The molecule has 2 aromatic rings. The Morgan fingerprint density at radius 1 is 0.873 bits per heavy atom. The third-order valence-corrected chi connectivity index (χ3v) is 16.3. The monoisotopic (exact) mass is 780 g/mol. The van der Waals surface area contributed by atoms with Gasteiger partial charge < -0.3 is 29.1 Å². The van der Waals surface area contributed by atoms with Gasteiger partial charge in [-0.3, -0.25) is 9.59 Å². The molecule has 2 aromatic carbocycles. The Morgan fingerprint density at radius 3 is 2.18 bits per heavy atom. The van der Waals surface area contributed by atoms with Crippen molar-refractivity contribution in [3.05, 3.63) is 59.9 Å². The number of rotatable bonds is 14. The van der Waals surface area contributed by atoms with Crippen molar-refractivity contribution >= 4 is 27.4 Å². The number of benzene rings is 2. The number of nitrogens with zero attached hydrogens (tertiary/aromatic N) is 4. The van der Waals surface area contributed by atoms with E-state index in [9.17, 15) is 18.0 Å². The van der Waals surface area contributed by atoms with Gasteiger partial charge in [-0.1, -0.05) is 25.5 Å². The van der Waals surface area contributed by atoms with Gasteiger partial charge in [-0.2, -0.15) is 0 Å². The summed E-state index contributed by atoms with van der Waals surface area (Å²) in [5.41, 5.74) is 1.50. The highest BCUT2D eigenvalue weighted by Crippen LogP contribution is 2.54. The minimum absolute atomic E-state index is 0.0814. The number of hydrogen-bond donors (Lipinski definition) is 0. The summed E-state index contributed by atoms with van der Waals surface area (Å²) < 4.78 is 53.4. The maximum absolute atomic E-state index is 15.1. The number of ether oxygens (including phenoxy) is 2. The summed E-state index contributed by atoms with van der Waals surface area (Å²) in [6.07, 6.45) is 8.11. The molecular formula is C43H61FN4O6S. The largest absolute Gasteiger partial charge is 0.469 e. The Bertz CT molecular complexity index is 1750. The van der Waals surface area contributed by atoms with Gasteiger partial charge >= 0.3 is 5.97 Å². The van der Waals surface area contributed by atoms with Crippen molar-refractivity contribution in [2.45, 2.75) is 92.3 Å². The first-order valence-corrected chi connectivity index (χ1v) is 22.2. The van der Waals surface area contributed by atoms with E-state index in [1.54, 1.807) is 36.3 Å². The molecule has 4 aliphatic heterocycles. The molecule has 0 spiro atoms. The first kappa shape index (κ1) is 40.1. The van der Waals surface area contributed by atoms with Crippen LogP contribution in [-0.4, -0.2) is 126 Å². The topological polar surface area (TPSA) is 99.7 Å². The molecule has 3 atom stereocenters. The van der Waals surface area contributed by atoms with Crippen molar-refractivity contribution in [3.8, 4) is 0 Å². The molecule has 10 nitrogen and oxygen atoms in total. The Kier molecular flexibility index (Phi) is 12.3. The van der Waals surface area contributed by atoms with Crippen LogP contribution in [0, 0.1) is 23.6 Å². The fourth-order valence-electron chi connectivity index (χ4n) is 10.9. The predicted molar refractivity (Wildman–Crippen MR) is 211 cm³/mol. The Morgan fingerprint density at radius 2 is 1.58 bits per heavy atom. The van der Waals surface area contributed by atoms with Gasteiger partial charge in [-0.15, -0.1) is 0 Å². The lowest BCUT2D eigenvalue weighted by atomic mass is 9.56. The number of likely N-dealkylation sites (tertiary alicyclic amines) is 3. The number of halogens is 1. The molecule has 302 valence electrons. The summed E-state index contributed by atoms with van der Waals surface area (Å²) in [5, 5.41) is -0.470. The number of carbonyl (C=O) groups is 2. The molecule has 0 aromatic heterocycles. The number of anilines is 1. The Balaban J connectivity index is 1.01. The van der Waals surface area contributed by atoms with Crippen molar-refractivity contribution < 1.29 is 31.9 Å². The summed E-state index contributed by atoms with van der Waals surface area (Å²) in [7, 11) is -0.211. The molecule has 7 rings (SSSR count). The molecule has 1 amide bonds. The van der Waals surface area contributed by atoms with E-state index >= 15 is 4.39 Å². The Hall–Kier alpha value is -3.06. The number of piperidine rings is 2. The van der Waals surface area contributed by atoms with Gasteiger partial charge in [-0.25, -0.2) is 12.8 Å². The molecule has 4 heterocycles. The summed E-state index contributed by atoms with van der Waals surface area (Å²) in [5.74, 6) is 0.590. The highest BCUT2D eigenvalue weighted by Gasteiger charge is 2.53. The maximum atomic E-state index is 15.1. The lowest BCUT2D eigenvalue weighted by Crippen LogP contribution is -2.68. The summed E-state index contributed by atoms with van der Waals surface area (Å²) in [6, 6.07) is 14.6. The van der Waals surface area contributed by atoms with Crippen molar-refractivity contribution in [1.82, 2.24) is 14.7 Å². The molecule has 12 heteroatoms. The zero-order valence-electron chi connectivity index (χ0n) is 33.1. The molecule has 1 saturated carbocycles. The lowest BCUT2D eigenvalue weighted by molar-refractivity contribution is -0.142. The number of methoxy groups -OCH3 is 2. The SMILES string of the molecule is CCC(=O)N1CCC(S(=O)(=O)c2ccc(N3CC(CN4CCC([C@@](CN5CCC5)(c5cccc(F)c5)[C@H]5CCC[C@@H]5CC(=O)OC)CC4)(OC)C3)cc2)CC1. The number of carbonyl (C=O) groups excluding carboxylic acids is 2. The molecule has 5 fully saturated rings.